The van der Waals surface area contributed by atoms with Gasteiger partial charge in [-0.2, -0.15) is 0 Å². The standard InChI is InChI=1S/C56H108O6/c1-4-7-10-13-16-19-22-24-26-28-30-31-34-37-40-43-46-49-55(58)61-52-53(51-60-54(57)48-45-42-39-36-33-21-18-15-12-9-6-3)62-56(59)50-47-44-41-38-35-32-29-27-25-23-20-17-14-11-8-5-2/h53H,4-52H2,1-3H3/t53-/m1/s1. The molecule has 0 aromatic heterocycles. The molecule has 6 heteroatoms. The molecule has 6 nitrogen and oxygen atoms in total. The van der Waals surface area contributed by atoms with E-state index in [0.29, 0.717) is 19.3 Å². The molecule has 0 radical (unpaired) electrons. The van der Waals surface area contributed by atoms with Crippen LogP contribution in [0.25, 0.3) is 0 Å². The number of esters is 3. The van der Waals surface area contributed by atoms with Crippen LogP contribution < -0.4 is 0 Å². The van der Waals surface area contributed by atoms with Gasteiger partial charge in [0, 0.05) is 19.3 Å². The van der Waals surface area contributed by atoms with Gasteiger partial charge in [0.1, 0.15) is 13.2 Å². The van der Waals surface area contributed by atoms with Crippen LogP contribution in [0.15, 0.2) is 0 Å². The lowest BCUT2D eigenvalue weighted by atomic mass is 10.0. The first-order chi connectivity index (χ1) is 30.5. The Labute approximate surface area is 387 Å². The second kappa shape index (κ2) is 52.0. The molecule has 368 valence electrons. The van der Waals surface area contributed by atoms with Gasteiger partial charge in [-0.15, -0.1) is 0 Å². The molecule has 0 amide bonds. The molecule has 62 heavy (non-hydrogen) atoms. The summed E-state index contributed by atoms with van der Waals surface area (Å²) in [7, 11) is 0. The molecule has 0 N–H and O–H groups in total. The van der Waals surface area contributed by atoms with Gasteiger partial charge in [-0.25, -0.2) is 0 Å². The van der Waals surface area contributed by atoms with Crippen LogP contribution in [-0.2, 0) is 28.6 Å². The smallest absolute Gasteiger partial charge is 0.306 e. The summed E-state index contributed by atoms with van der Waals surface area (Å²) in [4.78, 5) is 38.0. The van der Waals surface area contributed by atoms with E-state index in [-0.39, 0.29) is 31.1 Å². The molecule has 0 aromatic carbocycles. The fourth-order valence-electron chi connectivity index (χ4n) is 8.62. The van der Waals surface area contributed by atoms with Crippen molar-refractivity contribution in [3.63, 3.8) is 0 Å². The molecule has 0 unspecified atom stereocenters. The van der Waals surface area contributed by atoms with Crippen LogP contribution in [-0.4, -0.2) is 37.2 Å². The van der Waals surface area contributed by atoms with E-state index in [1.165, 1.54) is 225 Å². The molecule has 0 aliphatic rings. The van der Waals surface area contributed by atoms with Gasteiger partial charge in [0.15, 0.2) is 6.10 Å². The summed E-state index contributed by atoms with van der Waals surface area (Å²) in [5.41, 5.74) is 0. The fraction of sp³-hybridized carbons (Fsp3) is 0.946. The minimum absolute atomic E-state index is 0.0613. The first-order valence-electron chi connectivity index (χ1n) is 28.0. The van der Waals surface area contributed by atoms with E-state index in [4.69, 9.17) is 14.2 Å². The molecular weight excluding hydrogens is 769 g/mol. The highest BCUT2D eigenvalue weighted by Crippen LogP contribution is 2.17. The molecule has 0 rings (SSSR count). The zero-order chi connectivity index (χ0) is 45.1. The molecule has 0 bridgehead atoms. The Kier molecular flexibility index (Phi) is 50.7. The fourth-order valence-corrected chi connectivity index (χ4v) is 8.62. The zero-order valence-corrected chi connectivity index (χ0v) is 42.2. The molecule has 1 atom stereocenters. The normalized spacial score (nSPS) is 11.9. The Hall–Kier alpha value is -1.59. The van der Waals surface area contributed by atoms with E-state index in [0.717, 1.165) is 57.8 Å². The summed E-state index contributed by atoms with van der Waals surface area (Å²) in [5, 5.41) is 0. The Morgan fingerprint density at radius 2 is 0.435 bits per heavy atom. The van der Waals surface area contributed by atoms with Crippen molar-refractivity contribution < 1.29 is 28.6 Å². The summed E-state index contributed by atoms with van der Waals surface area (Å²) in [6.45, 7) is 6.69. The molecular formula is C56H108O6. The summed E-state index contributed by atoms with van der Waals surface area (Å²) >= 11 is 0. The first-order valence-corrected chi connectivity index (χ1v) is 28.0. The number of carbonyl (C=O) groups is 3. The van der Waals surface area contributed by atoms with Gasteiger partial charge in [0.25, 0.3) is 0 Å². The van der Waals surface area contributed by atoms with Gasteiger partial charge < -0.3 is 14.2 Å². The monoisotopic (exact) mass is 877 g/mol. The first kappa shape index (κ1) is 60.4. The van der Waals surface area contributed by atoms with Crippen LogP contribution in [0.3, 0.4) is 0 Å². The van der Waals surface area contributed by atoms with Crippen molar-refractivity contribution in [2.24, 2.45) is 0 Å². The molecule has 0 fully saturated rings. The highest BCUT2D eigenvalue weighted by Gasteiger charge is 2.19. The van der Waals surface area contributed by atoms with E-state index >= 15 is 0 Å². The van der Waals surface area contributed by atoms with Gasteiger partial charge in [-0.05, 0) is 19.3 Å². The SMILES string of the molecule is CCCCCCCCCCCCCCCCCCCC(=O)OC[C@@H](COC(=O)CCCCCCCCCCCCC)OC(=O)CCCCCCCCCCCCCCCCCC. The number of hydrogen-bond donors (Lipinski definition) is 0. The maximum Gasteiger partial charge on any atom is 0.306 e. The van der Waals surface area contributed by atoms with Crippen molar-refractivity contribution in [1.82, 2.24) is 0 Å². The second-order valence-corrected chi connectivity index (χ2v) is 19.2. The predicted octanol–water partition coefficient (Wildman–Crippen LogP) is 18.4. The molecule has 0 saturated carbocycles. The molecule has 0 aliphatic carbocycles. The highest BCUT2D eigenvalue weighted by molar-refractivity contribution is 5.71. The third-order valence-electron chi connectivity index (χ3n) is 12.9. The average molecular weight is 877 g/mol. The van der Waals surface area contributed by atoms with Crippen molar-refractivity contribution in [1.29, 1.82) is 0 Å². The van der Waals surface area contributed by atoms with Crippen LogP contribution in [0.5, 0.6) is 0 Å². The zero-order valence-electron chi connectivity index (χ0n) is 42.2. The van der Waals surface area contributed by atoms with E-state index in [9.17, 15) is 14.4 Å². The summed E-state index contributed by atoms with van der Waals surface area (Å²) in [5.74, 6) is -0.835. The van der Waals surface area contributed by atoms with Gasteiger partial charge in [0.05, 0.1) is 0 Å². The Bertz CT molecular complexity index is 920. The highest BCUT2D eigenvalue weighted by atomic mass is 16.6. The second-order valence-electron chi connectivity index (χ2n) is 19.2. The van der Waals surface area contributed by atoms with Crippen molar-refractivity contribution in [2.75, 3.05) is 13.2 Å². The molecule has 0 spiro atoms. The largest absolute Gasteiger partial charge is 0.462 e. The van der Waals surface area contributed by atoms with Crippen LogP contribution in [0.1, 0.15) is 323 Å². The minimum Gasteiger partial charge on any atom is -0.462 e. The van der Waals surface area contributed by atoms with Crippen LogP contribution in [0, 0.1) is 0 Å². The van der Waals surface area contributed by atoms with Gasteiger partial charge >= 0.3 is 17.9 Å². The Morgan fingerprint density at radius 3 is 0.645 bits per heavy atom. The molecule has 0 saturated heterocycles. The number of ether oxygens (including phenoxy) is 3. The lowest BCUT2D eigenvalue weighted by Crippen LogP contribution is -2.30. The van der Waals surface area contributed by atoms with E-state index in [1.807, 2.05) is 0 Å². The summed E-state index contributed by atoms with van der Waals surface area (Å²) in [6, 6.07) is 0. The van der Waals surface area contributed by atoms with E-state index < -0.39 is 6.10 Å². The average Bonchev–Trinajstić information content (AvgIpc) is 3.27. The van der Waals surface area contributed by atoms with Crippen molar-refractivity contribution in [2.45, 2.75) is 329 Å². The lowest BCUT2D eigenvalue weighted by molar-refractivity contribution is -0.167. The number of rotatable bonds is 52. The van der Waals surface area contributed by atoms with E-state index in [1.54, 1.807) is 0 Å². The van der Waals surface area contributed by atoms with Crippen molar-refractivity contribution in [3.05, 3.63) is 0 Å². The van der Waals surface area contributed by atoms with Crippen LogP contribution in [0.2, 0.25) is 0 Å². The lowest BCUT2D eigenvalue weighted by Gasteiger charge is -2.18. The maximum absolute atomic E-state index is 12.8. The molecule has 0 aliphatic heterocycles. The third-order valence-corrected chi connectivity index (χ3v) is 12.9. The molecule has 0 aromatic rings. The third kappa shape index (κ3) is 49.4. The van der Waals surface area contributed by atoms with Gasteiger partial charge in [0.2, 0.25) is 0 Å². The number of carbonyl (C=O) groups excluding carboxylic acids is 3. The summed E-state index contributed by atoms with van der Waals surface area (Å²) in [6.07, 6.45) is 56.6. The quantitative estimate of drug-likeness (QED) is 0.0344. The van der Waals surface area contributed by atoms with Crippen molar-refractivity contribution in [3.8, 4) is 0 Å². The van der Waals surface area contributed by atoms with E-state index in [2.05, 4.69) is 20.8 Å². The van der Waals surface area contributed by atoms with Crippen LogP contribution in [0.4, 0.5) is 0 Å². The maximum atomic E-state index is 12.8. The van der Waals surface area contributed by atoms with Gasteiger partial charge in [-0.3, -0.25) is 14.4 Å². The van der Waals surface area contributed by atoms with Crippen molar-refractivity contribution >= 4 is 17.9 Å². The van der Waals surface area contributed by atoms with Crippen LogP contribution >= 0.6 is 0 Å². The minimum atomic E-state index is -0.760. The molecule has 0 heterocycles. The Balaban J connectivity index is 4.26. The summed E-state index contributed by atoms with van der Waals surface area (Å²) < 4.78 is 16.9. The number of hydrogen-bond acceptors (Lipinski definition) is 6. The predicted molar refractivity (Wildman–Crippen MR) is 266 cm³/mol. The Morgan fingerprint density at radius 1 is 0.258 bits per heavy atom. The topological polar surface area (TPSA) is 78.9 Å². The van der Waals surface area contributed by atoms with Gasteiger partial charge in [-0.1, -0.05) is 284 Å². The number of unbranched alkanes of at least 4 members (excludes halogenated alkanes) is 41.